The molecule has 0 radical (unpaired) electrons. The van der Waals surface area contributed by atoms with Crippen molar-refractivity contribution < 1.29 is 19.4 Å². The standard InChI is InChI=1S/C13H10N2O4/c1-7-2-5-10(19-7)12-14-11(13(17)18)9-4-3-8(16)6-15(9)12/h2-6,16H,1H3,(H,17,18). The number of carboxylic acid groups (broad SMARTS) is 1. The first kappa shape index (κ1) is 11.3. The first-order valence-corrected chi connectivity index (χ1v) is 5.57. The topological polar surface area (TPSA) is 88.0 Å². The molecule has 0 amide bonds. The molecule has 19 heavy (non-hydrogen) atoms. The Morgan fingerprint density at radius 2 is 2.11 bits per heavy atom. The summed E-state index contributed by atoms with van der Waals surface area (Å²) < 4.78 is 6.95. The van der Waals surface area contributed by atoms with Gasteiger partial charge >= 0.3 is 5.97 Å². The van der Waals surface area contributed by atoms with Gasteiger partial charge in [-0.15, -0.1) is 0 Å². The molecule has 6 heteroatoms. The van der Waals surface area contributed by atoms with Crippen LogP contribution in [-0.4, -0.2) is 25.6 Å². The quantitative estimate of drug-likeness (QED) is 0.736. The van der Waals surface area contributed by atoms with E-state index in [0.29, 0.717) is 22.9 Å². The lowest BCUT2D eigenvalue weighted by Gasteiger charge is -1.99. The molecular weight excluding hydrogens is 248 g/mol. The smallest absolute Gasteiger partial charge is 0.356 e. The van der Waals surface area contributed by atoms with Crippen molar-refractivity contribution in [1.29, 1.82) is 0 Å². The van der Waals surface area contributed by atoms with Gasteiger partial charge < -0.3 is 14.6 Å². The summed E-state index contributed by atoms with van der Waals surface area (Å²) in [6.07, 6.45) is 1.40. The monoisotopic (exact) mass is 258 g/mol. The van der Waals surface area contributed by atoms with Crippen molar-refractivity contribution in [1.82, 2.24) is 9.38 Å². The maximum Gasteiger partial charge on any atom is 0.356 e. The number of rotatable bonds is 2. The molecule has 0 saturated carbocycles. The average molecular weight is 258 g/mol. The summed E-state index contributed by atoms with van der Waals surface area (Å²) in [6, 6.07) is 6.39. The molecule has 6 nitrogen and oxygen atoms in total. The Balaban J connectivity index is 2.35. The fourth-order valence-corrected chi connectivity index (χ4v) is 1.96. The van der Waals surface area contributed by atoms with E-state index in [2.05, 4.69) is 4.98 Å². The van der Waals surface area contributed by atoms with E-state index in [4.69, 9.17) is 9.52 Å². The van der Waals surface area contributed by atoms with Gasteiger partial charge in [-0.05, 0) is 31.2 Å². The number of carboxylic acids is 1. The molecule has 0 atom stereocenters. The SMILES string of the molecule is Cc1ccc(-c2nc(C(=O)O)c3ccc(O)cn23)o1. The molecule has 0 bridgehead atoms. The van der Waals surface area contributed by atoms with E-state index in [-0.39, 0.29) is 11.4 Å². The summed E-state index contributed by atoms with van der Waals surface area (Å²) in [5, 5.41) is 18.7. The van der Waals surface area contributed by atoms with Gasteiger partial charge in [-0.25, -0.2) is 9.78 Å². The third-order valence-electron chi connectivity index (χ3n) is 2.78. The molecule has 0 unspecified atom stereocenters. The average Bonchev–Trinajstić information content (AvgIpc) is 2.92. The molecule has 0 aliphatic rings. The number of carbonyl (C=O) groups is 1. The minimum atomic E-state index is -1.13. The highest BCUT2D eigenvalue weighted by molar-refractivity contribution is 5.94. The lowest BCUT2D eigenvalue weighted by Crippen LogP contribution is -1.97. The highest BCUT2D eigenvalue weighted by Gasteiger charge is 2.19. The molecule has 0 aliphatic carbocycles. The van der Waals surface area contributed by atoms with Crippen LogP contribution in [0.4, 0.5) is 0 Å². The second-order valence-electron chi connectivity index (χ2n) is 4.14. The molecular formula is C13H10N2O4. The number of nitrogens with zero attached hydrogens (tertiary/aromatic N) is 2. The van der Waals surface area contributed by atoms with Crippen LogP contribution in [0.15, 0.2) is 34.9 Å². The predicted molar refractivity (Wildman–Crippen MR) is 66.3 cm³/mol. The number of aromatic carboxylic acids is 1. The lowest BCUT2D eigenvalue weighted by molar-refractivity contribution is 0.0693. The third kappa shape index (κ3) is 1.74. The highest BCUT2D eigenvalue weighted by atomic mass is 16.4. The highest BCUT2D eigenvalue weighted by Crippen LogP contribution is 2.26. The van der Waals surface area contributed by atoms with E-state index < -0.39 is 5.97 Å². The Morgan fingerprint density at radius 1 is 1.32 bits per heavy atom. The summed E-state index contributed by atoms with van der Waals surface area (Å²) in [5.74, 6) is 0.384. The van der Waals surface area contributed by atoms with Crippen LogP contribution in [0, 0.1) is 6.92 Å². The van der Waals surface area contributed by atoms with Crippen molar-refractivity contribution in [2.24, 2.45) is 0 Å². The van der Waals surface area contributed by atoms with Crippen LogP contribution >= 0.6 is 0 Å². The van der Waals surface area contributed by atoms with Gasteiger partial charge in [0.25, 0.3) is 0 Å². The molecule has 0 spiro atoms. The number of aromatic nitrogens is 2. The number of fused-ring (bicyclic) bond motifs is 1. The zero-order valence-corrected chi connectivity index (χ0v) is 9.99. The largest absolute Gasteiger partial charge is 0.506 e. The molecule has 3 aromatic rings. The van der Waals surface area contributed by atoms with Gasteiger partial charge in [-0.1, -0.05) is 0 Å². The van der Waals surface area contributed by atoms with E-state index >= 15 is 0 Å². The Bertz CT molecular complexity index is 785. The van der Waals surface area contributed by atoms with Gasteiger partial charge in [-0.3, -0.25) is 4.40 Å². The van der Waals surface area contributed by atoms with Crippen molar-refractivity contribution in [2.75, 3.05) is 0 Å². The maximum absolute atomic E-state index is 11.2. The first-order chi connectivity index (χ1) is 9.06. The molecule has 0 aliphatic heterocycles. The Morgan fingerprint density at radius 3 is 2.74 bits per heavy atom. The number of pyridine rings is 1. The van der Waals surface area contributed by atoms with Crippen LogP contribution in [0.1, 0.15) is 16.2 Å². The molecule has 0 fully saturated rings. The van der Waals surface area contributed by atoms with Crippen molar-refractivity contribution in [3.8, 4) is 17.3 Å². The van der Waals surface area contributed by atoms with Gasteiger partial charge in [0.1, 0.15) is 11.5 Å². The van der Waals surface area contributed by atoms with Gasteiger partial charge in [-0.2, -0.15) is 0 Å². The van der Waals surface area contributed by atoms with Crippen LogP contribution in [0.25, 0.3) is 17.1 Å². The maximum atomic E-state index is 11.2. The van der Waals surface area contributed by atoms with E-state index in [1.807, 2.05) is 0 Å². The molecule has 3 aromatic heterocycles. The van der Waals surface area contributed by atoms with Gasteiger partial charge in [0.05, 0.1) is 11.7 Å². The molecule has 3 heterocycles. The van der Waals surface area contributed by atoms with Gasteiger partial charge in [0.2, 0.25) is 0 Å². The van der Waals surface area contributed by atoms with Crippen LogP contribution in [0.5, 0.6) is 5.75 Å². The Kier molecular flexibility index (Phi) is 2.31. The van der Waals surface area contributed by atoms with Gasteiger partial charge in [0, 0.05) is 0 Å². The van der Waals surface area contributed by atoms with E-state index in [0.717, 1.165) is 0 Å². The summed E-state index contributed by atoms with van der Waals surface area (Å²) in [6.45, 7) is 1.79. The van der Waals surface area contributed by atoms with Crippen LogP contribution in [0.3, 0.4) is 0 Å². The van der Waals surface area contributed by atoms with Crippen molar-refractivity contribution in [3.05, 3.63) is 41.9 Å². The van der Waals surface area contributed by atoms with Crippen LogP contribution in [-0.2, 0) is 0 Å². The second-order valence-corrected chi connectivity index (χ2v) is 4.14. The number of hydrogen-bond acceptors (Lipinski definition) is 4. The van der Waals surface area contributed by atoms with Crippen LogP contribution in [0.2, 0.25) is 0 Å². The number of hydrogen-bond donors (Lipinski definition) is 2. The molecule has 2 N–H and O–H groups in total. The number of aromatic hydroxyl groups is 1. The first-order valence-electron chi connectivity index (χ1n) is 5.57. The van der Waals surface area contributed by atoms with Gasteiger partial charge in [0.15, 0.2) is 17.3 Å². The summed E-state index contributed by atoms with van der Waals surface area (Å²) in [5.41, 5.74) is 0.318. The summed E-state index contributed by atoms with van der Waals surface area (Å²) in [4.78, 5) is 15.3. The number of furan rings is 1. The summed E-state index contributed by atoms with van der Waals surface area (Å²) >= 11 is 0. The lowest BCUT2D eigenvalue weighted by atomic mass is 10.3. The van der Waals surface area contributed by atoms with Crippen LogP contribution < -0.4 is 0 Å². The zero-order valence-electron chi connectivity index (χ0n) is 9.99. The molecule has 0 saturated heterocycles. The van der Waals surface area contributed by atoms with Crippen molar-refractivity contribution >= 4 is 11.5 Å². The Hall–Kier alpha value is -2.76. The third-order valence-corrected chi connectivity index (χ3v) is 2.78. The fraction of sp³-hybridized carbons (Fsp3) is 0.0769. The molecule has 96 valence electrons. The normalized spacial score (nSPS) is 11.0. The summed E-state index contributed by atoms with van der Waals surface area (Å²) in [7, 11) is 0. The van der Waals surface area contributed by atoms with E-state index in [1.54, 1.807) is 19.1 Å². The minimum Gasteiger partial charge on any atom is -0.506 e. The number of imidazole rings is 1. The molecule has 3 rings (SSSR count). The zero-order chi connectivity index (χ0) is 13.6. The Labute approximate surface area is 107 Å². The minimum absolute atomic E-state index is 0.0198. The van der Waals surface area contributed by atoms with E-state index in [1.165, 1.54) is 22.7 Å². The predicted octanol–water partition coefficient (Wildman–Crippen LogP) is 2.31. The van der Waals surface area contributed by atoms with E-state index in [9.17, 15) is 9.90 Å². The molecule has 0 aromatic carbocycles. The van der Waals surface area contributed by atoms with Crippen molar-refractivity contribution in [2.45, 2.75) is 6.92 Å². The fourth-order valence-electron chi connectivity index (χ4n) is 1.96. The second kappa shape index (κ2) is 3.88. The number of aryl methyl sites for hydroxylation is 1. The van der Waals surface area contributed by atoms with Crippen molar-refractivity contribution in [3.63, 3.8) is 0 Å².